The number of benzene rings is 2. The molecule has 0 spiro atoms. The highest BCUT2D eigenvalue weighted by atomic mass is 35.5. The van der Waals surface area contributed by atoms with Gasteiger partial charge in [-0.2, -0.15) is 0 Å². The number of urea groups is 1. The number of halogens is 2. The van der Waals surface area contributed by atoms with Crippen molar-refractivity contribution in [1.29, 1.82) is 0 Å². The quantitative estimate of drug-likeness (QED) is 0.512. The zero-order chi connectivity index (χ0) is 25.1. The lowest BCUT2D eigenvalue weighted by atomic mass is 10.0. The van der Waals surface area contributed by atoms with Gasteiger partial charge in [-0.25, -0.2) is 14.8 Å². The smallest absolute Gasteiger partial charge is 0.322 e. The van der Waals surface area contributed by atoms with Crippen LogP contribution in [0.15, 0.2) is 42.5 Å². The van der Waals surface area contributed by atoms with Gasteiger partial charge in [0.25, 0.3) is 0 Å². The normalized spacial score (nSPS) is 15.4. The summed E-state index contributed by atoms with van der Waals surface area (Å²) in [5, 5.41) is 3.60. The molecule has 0 unspecified atom stereocenters. The summed E-state index contributed by atoms with van der Waals surface area (Å²) in [5.41, 5.74) is 3.46. The van der Waals surface area contributed by atoms with E-state index in [9.17, 15) is 4.79 Å². The summed E-state index contributed by atoms with van der Waals surface area (Å²) in [6, 6.07) is 12.8. The molecule has 8 nitrogen and oxygen atoms in total. The van der Waals surface area contributed by atoms with E-state index >= 15 is 0 Å². The maximum absolute atomic E-state index is 13.1. The molecule has 2 aliphatic rings. The molecule has 36 heavy (non-hydrogen) atoms. The zero-order valence-electron chi connectivity index (χ0n) is 20.0. The van der Waals surface area contributed by atoms with Crippen LogP contribution in [0.3, 0.4) is 0 Å². The molecule has 1 aromatic heterocycles. The number of morpholine rings is 1. The summed E-state index contributed by atoms with van der Waals surface area (Å²) in [7, 11) is 1.67. The Labute approximate surface area is 220 Å². The van der Waals surface area contributed by atoms with Crippen LogP contribution in [0.25, 0.3) is 0 Å². The Morgan fingerprint density at radius 3 is 2.69 bits per heavy atom. The van der Waals surface area contributed by atoms with Crippen molar-refractivity contribution < 1.29 is 14.3 Å². The number of hydrogen-bond donors (Lipinski definition) is 1. The van der Waals surface area contributed by atoms with E-state index < -0.39 is 0 Å². The van der Waals surface area contributed by atoms with Crippen LogP contribution in [-0.4, -0.2) is 60.9 Å². The van der Waals surface area contributed by atoms with Crippen molar-refractivity contribution in [2.45, 2.75) is 19.4 Å². The Morgan fingerprint density at radius 2 is 1.89 bits per heavy atom. The predicted octanol–water partition coefficient (Wildman–Crippen LogP) is 4.81. The van der Waals surface area contributed by atoms with Gasteiger partial charge in [0.1, 0.15) is 17.4 Å². The van der Waals surface area contributed by atoms with Crippen LogP contribution in [0.4, 0.5) is 16.3 Å². The predicted molar refractivity (Wildman–Crippen MR) is 140 cm³/mol. The Kier molecular flexibility index (Phi) is 7.46. The number of carbonyl (C=O) groups excluding carboxylic acids is 1. The number of hydrogen-bond acceptors (Lipinski definition) is 6. The third kappa shape index (κ3) is 5.21. The highest BCUT2D eigenvalue weighted by molar-refractivity contribution is 6.43. The van der Waals surface area contributed by atoms with E-state index in [1.165, 1.54) is 0 Å². The largest absolute Gasteiger partial charge is 0.496 e. The molecule has 5 rings (SSSR count). The second-order valence-corrected chi connectivity index (χ2v) is 9.46. The maximum Gasteiger partial charge on any atom is 0.322 e. The van der Waals surface area contributed by atoms with Gasteiger partial charge >= 0.3 is 6.03 Å². The fourth-order valence-corrected chi connectivity index (χ4v) is 4.90. The van der Waals surface area contributed by atoms with Gasteiger partial charge < -0.3 is 24.6 Å². The summed E-state index contributed by atoms with van der Waals surface area (Å²) in [5.74, 6) is 2.42. The molecule has 1 fully saturated rings. The first-order valence-electron chi connectivity index (χ1n) is 11.9. The minimum absolute atomic E-state index is 0.240. The lowest BCUT2D eigenvalue weighted by Gasteiger charge is -2.34. The average molecular weight is 528 g/mol. The number of amides is 2. The van der Waals surface area contributed by atoms with Gasteiger partial charge in [0, 0.05) is 43.6 Å². The van der Waals surface area contributed by atoms with Gasteiger partial charge in [-0.1, -0.05) is 47.5 Å². The topological polar surface area (TPSA) is 79.8 Å². The van der Waals surface area contributed by atoms with E-state index in [0.717, 1.165) is 47.3 Å². The molecule has 0 bridgehead atoms. The first kappa shape index (κ1) is 24.6. The summed E-state index contributed by atoms with van der Waals surface area (Å²) in [6.07, 6.45) is 1.19. The van der Waals surface area contributed by atoms with Crippen LogP contribution in [-0.2, 0) is 24.1 Å². The Bertz CT molecular complexity index is 1270. The minimum atomic E-state index is -0.240. The zero-order valence-corrected chi connectivity index (χ0v) is 21.5. The van der Waals surface area contributed by atoms with Crippen LogP contribution in [0, 0.1) is 0 Å². The molecule has 1 saturated heterocycles. The van der Waals surface area contributed by atoms with Crippen LogP contribution < -0.4 is 15.0 Å². The molecule has 2 amide bonds. The van der Waals surface area contributed by atoms with Crippen molar-refractivity contribution >= 4 is 40.7 Å². The summed E-state index contributed by atoms with van der Waals surface area (Å²) >= 11 is 12.4. The lowest BCUT2D eigenvalue weighted by molar-refractivity contribution is 0.122. The van der Waals surface area contributed by atoms with Crippen molar-refractivity contribution in [3.8, 4) is 5.75 Å². The fourth-order valence-electron chi connectivity index (χ4n) is 4.55. The number of fused-ring (bicyclic) bond motifs is 1. The van der Waals surface area contributed by atoms with Crippen molar-refractivity contribution in [3.05, 3.63) is 75.2 Å². The third-order valence-electron chi connectivity index (χ3n) is 6.42. The minimum Gasteiger partial charge on any atom is -0.496 e. The molecule has 3 heterocycles. The molecule has 10 heteroatoms. The first-order valence-corrected chi connectivity index (χ1v) is 12.6. The van der Waals surface area contributed by atoms with Crippen LogP contribution >= 0.6 is 23.2 Å². The fraction of sp³-hybridized carbons (Fsp3) is 0.346. The highest BCUT2D eigenvalue weighted by Gasteiger charge is 2.29. The second kappa shape index (κ2) is 10.9. The molecule has 0 aliphatic carbocycles. The molecule has 3 aromatic rings. The van der Waals surface area contributed by atoms with E-state index in [1.807, 2.05) is 24.3 Å². The maximum atomic E-state index is 13.1. The van der Waals surface area contributed by atoms with E-state index in [0.29, 0.717) is 54.9 Å². The number of nitrogens with zero attached hydrogens (tertiary/aromatic N) is 4. The van der Waals surface area contributed by atoms with Gasteiger partial charge in [-0.3, -0.25) is 0 Å². The highest BCUT2D eigenvalue weighted by Crippen LogP contribution is 2.32. The Hall–Kier alpha value is -3.07. The van der Waals surface area contributed by atoms with Crippen molar-refractivity contribution in [2.24, 2.45) is 0 Å². The van der Waals surface area contributed by atoms with Crippen LogP contribution in [0.5, 0.6) is 5.75 Å². The van der Waals surface area contributed by atoms with Crippen molar-refractivity contribution in [3.63, 3.8) is 0 Å². The summed E-state index contributed by atoms with van der Waals surface area (Å²) in [4.78, 5) is 27.0. The van der Waals surface area contributed by atoms with Gasteiger partial charge in [-0.15, -0.1) is 0 Å². The van der Waals surface area contributed by atoms with E-state index in [-0.39, 0.29) is 6.03 Å². The number of nitrogens with one attached hydrogen (secondary N) is 1. The molecule has 2 aliphatic heterocycles. The number of para-hydroxylation sites is 1. The Morgan fingerprint density at radius 1 is 1.08 bits per heavy atom. The van der Waals surface area contributed by atoms with E-state index in [4.69, 9.17) is 42.6 Å². The van der Waals surface area contributed by atoms with Gasteiger partial charge in [0.15, 0.2) is 0 Å². The molecule has 0 radical (unpaired) electrons. The molecule has 2 aromatic carbocycles. The molecule has 0 atom stereocenters. The molecule has 1 N–H and O–H groups in total. The standard InChI is InChI=1S/C26H27Cl2N5O3/c1-35-22-8-3-2-5-17(22)15-23-29-20-9-10-33(26(34)30-21-7-4-6-19(27)24(21)28)16-18(20)25(31-23)32-11-13-36-14-12-32/h2-8H,9-16H2,1H3,(H,30,34). The second-order valence-electron chi connectivity index (χ2n) is 8.68. The van der Waals surface area contributed by atoms with E-state index in [2.05, 4.69) is 10.2 Å². The number of rotatable bonds is 5. The summed E-state index contributed by atoms with van der Waals surface area (Å²) in [6.45, 7) is 3.69. The first-order chi connectivity index (χ1) is 17.5. The van der Waals surface area contributed by atoms with Gasteiger partial charge in [0.05, 0.1) is 48.3 Å². The number of ether oxygens (including phenoxy) is 2. The average Bonchev–Trinajstić information content (AvgIpc) is 2.91. The lowest BCUT2D eigenvalue weighted by Crippen LogP contribution is -2.42. The monoisotopic (exact) mass is 527 g/mol. The number of anilines is 2. The van der Waals surface area contributed by atoms with Crippen molar-refractivity contribution in [2.75, 3.05) is 50.2 Å². The Balaban J connectivity index is 1.43. The van der Waals surface area contributed by atoms with Crippen LogP contribution in [0.1, 0.15) is 22.6 Å². The molecule has 0 saturated carbocycles. The van der Waals surface area contributed by atoms with Gasteiger partial charge in [0.2, 0.25) is 0 Å². The number of aromatic nitrogens is 2. The summed E-state index contributed by atoms with van der Waals surface area (Å²) < 4.78 is 11.1. The molecular weight excluding hydrogens is 501 g/mol. The molecule has 188 valence electrons. The van der Waals surface area contributed by atoms with Crippen molar-refractivity contribution in [1.82, 2.24) is 14.9 Å². The van der Waals surface area contributed by atoms with E-state index in [1.54, 1.807) is 30.2 Å². The number of methoxy groups -OCH3 is 1. The van der Waals surface area contributed by atoms with Gasteiger partial charge in [-0.05, 0) is 18.2 Å². The molecular formula is C26H27Cl2N5O3. The SMILES string of the molecule is COc1ccccc1Cc1nc2c(c(N3CCOCC3)n1)CN(C(=O)Nc1cccc(Cl)c1Cl)CC2. The third-order valence-corrected chi connectivity index (χ3v) is 7.24. The number of carbonyl (C=O) groups is 1. The van der Waals surface area contributed by atoms with Crippen LogP contribution in [0.2, 0.25) is 10.0 Å².